The highest BCUT2D eigenvalue weighted by molar-refractivity contribution is 7.89. The number of hydrogen-bond donors (Lipinski definition) is 4. The van der Waals surface area contributed by atoms with Crippen LogP contribution < -0.4 is 21.1 Å². The first-order valence-corrected chi connectivity index (χ1v) is 9.81. The molecule has 2 amide bonds. The lowest BCUT2D eigenvalue weighted by atomic mass is 10.1. The molecule has 0 spiro atoms. The van der Waals surface area contributed by atoms with E-state index in [0.29, 0.717) is 0 Å². The van der Waals surface area contributed by atoms with Gasteiger partial charge in [0.15, 0.2) is 0 Å². The van der Waals surface area contributed by atoms with Gasteiger partial charge in [-0.25, -0.2) is 8.42 Å². The van der Waals surface area contributed by atoms with E-state index in [0.717, 1.165) is 5.56 Å². The average Bonchev–Trinajstić information content (AvgIpc) is 2.50. The van der Waals surface area contributed by atoms with Gasteiger partial charge in [0.25, 0.3) is 0 Å². The highest BCUT2D eigenvalue weighted by atomic mass is 32.2. The maximum absolute atomic E-state index is 12.6. The van der Waals surface area contributed by atoms with Gasteiger partial charge >= 0.3 is 0 Å². The first-order chi connectivity index (χ1) is 11.9. The second kappa shape index (κ2) is 9.11. The van der Waals surface area contributed by atoms with E-state index in [9.17, 15) is 18.0 Å². The predicted octanol–water partition coefficient (Wildman–Crippen LogP) is 0.0216. The Hall–Kier alpha value is -1.97. The molecule has 0 aliphatic rings. The number of carbonyl (C=O) groups excluding carboxylic acids is 2. The Morgan fingerprint density at radius 1 is 1.15 bits per heavy atom. The van der Waals surface area contributed by atoms with Crippen LogP contribution in [0.15, 0.2) is 29.2 Å². The number of aryl methyl sites for hydroxylation is 1. The van der Waals surface area contributed by atoms with Gasteiger partial charge in [-0.2, -0.15) is 4.72 Å². The molecule has 1 atom stereocenters. The van der Waals surface area contributed by atoms with Crippen molar-refractivity contribution in [1.82, 2.24) is 15.4 Å². The topological polar surface area (TPSA) is 130 Å². The molecular weight excluding hydrogens is 356 g/mol. The zero-order valence-electron chi connectivity index (χ0n) is 15.6. The summed E-state index contributed by atoms with van der Waals surface area (Å²) >= 11 is 0. The van der Waals surface area contributed by atoms with Gasteiger partial charge in [-0.05, 0) is 39.8 Å². The van der Waals surface area contributed by atoms with Crippen molar-refractivity contribution in [2.75, 3.05) is 13.1 Å². The lowest BCUT2D eigenvalue weighted by Crippen LogP contribution is -2.51. The second-order valence-electron chi connectivity index (χ2n) is 7.07. The van der Waals surface area contributed by atoms with Gasteiger partial charge in [0, 0.05) is 18.6 Å². The summed E-state index contributed by atoms with van der Waals surface area (Å²) in [5.41, 5.74) is 5.77. The Bertz CT molecular complexity index is 724. The normalized spacial score (nSPS) is 13.1. The predicted molar refractivity (Wildman–Crippen MR) is 99.9 cm³/mol. The van der Waals surface area contributed by atoms with Crippen LogP contribution in [0.2, 0.25) is 0 Å². The van der Waals surface area contributed by atoms with Crippen LogP contribution in [0.3, 0.4) is 0 Å². The van der Waals surface area contributed by atoms with Crippen molar-refractivity contribution in [2.45, 2.75) is 50.6 Å². The molecule has 1 aromatic rings. The van der Waals surface area contributed by atoms with E-state index >= 15 is 0 Å². The number of nitrogens with one attached hydrogen (secondary N) is 3. The third-order valence-corrected chi connectivity index (χ3v) is 4.78. The van der Waals surface area contributed by atoms with Gasteiger partial charge in [0.1, 0.15) is 6.04 Å². The maximum atomic E-state index is 12.6. The summed E-state index contributed by atoms with van der Waals surface area (Å²) in [7, 11) is -3.96. The third kappa shape index (κ3) is 7.51. The van der Waals surface area contributed by atoms with E-state index in [-0.39, 0.29) is 24.4 Å². The number of carbonyl (C=O) groups is 2. The van der Waals surface area contributed by atoms with Crippen LogP contribution in [0, 0.1) is 6.92 Å². The van der Waals surface area contributed by atoms with Gasteiger partial charge in [0.05, 0.1) is 11.3 Å². The summed E-state index contributed by atoms with van der Waals surface area (Å²) in [4.78, 5) is 24.5. The molecule has 0 saturated carbocycles. The quantitative estimate of drug-likeness (QED) is 0.502. The van der Waals surface area contributed by atoms with Gasteiger partial charge in [-0.15, -0.1) is 0 Å². The summed E-state index contributed by atoms with van der Waals surface area (Å²) in [6.45, 7) is 7.62. The molecule has 5 N–H and O–H groups in total. The highest BCUT2D eigenvalue weighted by Crippen LogP contribution is 2.12. The molecule has 146 valence electrons. The highest BCUT2D eigenvalue weighted by Gasteiger charge is 2.28. The van der Waals surface area contributed by atoms with Gasteiger partial charge in [-0.3, -0.25) is 9.59 Å². The Morgan fingerprint density at radius 2 is 1.73 bits per heavy atom. The lowest BCUT2D eigenvalue weighted by molar-refractivity contribution is -0.128. The first-order valence-electron chi connectivity index (χ1n) is 8.32. The van der Waals surface area contributed by atoms with Crippen molar-refractivity contribution < 1.29 is 18.0 Å². The van der Waals surface area contributed by atoms with Crippen molar-refractivity contribution in [3.05, 3.63) is 29.8 Å². The van der Waals surface area contributed by atoms with Crippen LogP contribution >= 0.6 is 0 Å². The SMILES string of the molecule is Cc1ccc(S(=O)(=O)N[C@@H](CC(=O)NC(C)(C)C)C(=O)NCCN)cc1. The number of hydrogen-bond acceptors (Lipinski definition) is 5. The van der Waals surface area contributed by atoms with Crippen LogP contribution in [0.25, 0.3) is 0 Å². The number of amides is 2. The fraction of sp³-hybridized carbons (Fsp3) is 0.529. The van der Waals surface area contributed by atoms with Crippen molar-refractivity contribution >= 4 is 21.8 Å². The third-order valence-electron chi connectivity index (χ3n) is 3.29. The molecule has 0 unspecified atom stereocenters. The summed E-state index contributed by atoms with van der Waals surface area (Å²) in [6, 6.07) is 4.97. The fourth-order valence-corrected chi connectivity index (χ4v) is 3.33. The largest absolute Gasteiger partial charge is 0.353 e. The smallest absolute Gasteiger partial charge is 0.241 e. The minimum absolute atomic E-state index is 0.0240. The minimum atomic E-state index is -3.96. The Balaban J connectivity index is 2.98. The van der Waals surface area contributed by atoms with Crippen LogP contribution in [-0.4, -0.2) is 44.9 Å². The number of sulfonamides is 1. The van der Waals surface area contributed by atoms with Crippen LogP contribution in [0.5, 0.6) is 0 Å². The van der Waals surface area contributed by atoms with Crippen molar-refractivity contribution in [2.24, 2.45) is 5.73 Å². The average molecular weight is 385 g/mol. The van der Waals surface area contributed by atoms with E-state index < -0.39 is 33.4 Å². The van der Waals surface area contributed by atoms with E-state index in [2.05, 4.69) is 15.4 Å². The molecule has 0 aromatic heterocycles. The van der Waals surface area contributed by atoms with E-state index in [1.807, 2.05) is 6.92 Å². The molecule has 0 fully saturated rings. The van der Waals surface area contributed by atoms with Crippen LogP contribution in [0.1, 0.15) is 32.8 Å². The standard InChI is InChI=1S/C17H28N4O4S/c1-12-5-7-13(8-6-12)26(24,25)21-14(16(23)19-10-9-18)11-15(22)20-17(2,3)4/h5-8,14,21H,9-11,18H2,1-4H3,(H,19,23)(H,20,22)/t14-/m0/s1. The molecule has 0 saturated heterocycles. The van der Waals surface area contributed by atoms with Crippen LogP contribution in [0.4, 0.5) is 0 Å². The first kappa shape index (κ1) is 22.1. The summed E-state index contributed by atoms with van der Waals surface area (Å²) in [6.07, 6.45) is -0.321. The molecule has 0 radical (unpaired) electrons. The maximum Gasteiger partial charge on any atom is 0.241 e. The monoisotopic (exact) mass is 384 g/mol. The molecule has 1 rings (SSSR count). The molecule has 26 heavy (non-hydrogen) atoms. The van der Waals surface area contributed by atoms with E-state index in [1.165, 1.54) is 12.1 Å². The van der Waals surface area contributed by atoms with Crippen molar-refractivity contribution in [3.63, 3.8) is 0 Å². The molecule has 0 aliphatic carbocycles. The van der Waals surface area contributed by atoms with E-state index in [1.54, 1.807) is 32.9 Å². The second-order valence-corrected chi connectivity index (χ2v) is 8.78. The molecule has 0 heterocycles. The van der Waals surface area contributed by atoms with Crippen LogP contribution in [-0.2, 0) is 19.6 Å². The van der Waals surface area contributed by atoms with E-state index in [4.69, 9.17) is 5.73 Å². The molecule has 0 bridgehead atoms. The number of benzene rings is 1. The lowest BCUT2D eigenvalue weighted by Gasteiger charge is -2.23. The zero-order chi connectivity index (χ0) is 20.0. The summed E-state index contributed by atoms with van der Waals surface area (Å²) in [5.74, 6) is -1.03. The minimum Gasteiger partial charge on any atom is -0.353 e. The Kier molecular flexibility index (Phi) is 7.73. The van der Waals surface area contributed by atoms with Crippen molar-refractivity contribution in [3.8, 4) is 0 Å². The number of nitrogens with two attached hydrogens (primary N) is 1. The van der Waals surface area contributed by atoms with Gasteiger partial charge < -0.3 is 16.4 Å². The molecule has 8 nitrogen and oxygen atoms in total. The molecule has 0 aliphatic heterocycles. The molecular formula is C17H28N4O4S. The zero-order valence-corrected chi connectivity index (χ0v) is 16.4. The Labute approximate surface area is 155 Å². The summed E-state index contributed by atoms with van der Waals surface area (Å²) in [5, 5.41) is 5.23. The van der Waals surface area contributed by atoms with Gasteiger partial charge in [0.2, 0.25) is 21.8 Å². The Morgan fingerprint density at radius 3 is 2.23 bits per heavy atom. The summed E-state index contributed by atoms with van der Waals surface area (Å²) < 4.78 is 27.4. The van der Waals surface area contributed by atoms with Crippen molar-refractivity contribution in [1.29, 1.82) is 0 Å². The molecule has 9 heteroatoms. The fourth-order valence-electron chi connectivity index (χ4n) is 2.13. The molecule has 1 aromatic carbocycles. The number of rotatable bonds is 8. The van der Waals surface area contributed by atoms with Gasteiger partial charge in [-0.1, -0.05) is 17.7 Å².